The van der Waals surface area contributed by atoms with Crippen molar-refractivity contribution in [2.24, 2.45) is 5.92 Å². The van der Waals surface area contributed by atoms with Crippen molar-refractivity contribution < 1.29 is 9.59 Å². The van der Waals surface area contributed by atoms with Gasteiger partial charge >= 0.3 is 0 Å². The number of hydrogen-bond acceptors (Lipinski definition) is 3. The predicted molar refractivity (Wildman–Crippen MR) is 73.2 cm³/mol. The van der Waals surface area contributed by atoms with Gasteiger partial charge in [0, 0.05) is 12.1 Å². The van der Waals surface area contributed by atoms with Gasteiger partial charge in [0.05, 0.1) is 5.70 Å². The number of carbonyl (C=O) groups is 2. The highest BCUT2D eigenvalue weighted by Crippen LogP contribution is 2.19. The van der Waals surface area contributed by atoms with Crippen molar-refractivity contribution in [3.63, 3.8) is 0 Å². The normalized spacial score (nSPS) is 15.8. The maximum Gasteiger partial charge on any atom is 0.202 e. The lowest BCUT2D eigenvalue weighted by Gasteiger charge is -2.17. The molecule has 1 aliphatic rings. The molecule has 100 valence electrons. The monoisotopic (exact) mass is 249 g/mol. The van der Waals surface area contributed by atoms with E-state index in [0.717, 1.165) is 25.8 Å². The zero-order valence-electron chi connectivity index (χ0n) is 11.6. The van der Waals surface area contributed by atoms with Gasteiger partial charge in [-0.1, -0.05) is 33.6 Å². The summed E-state index contributed by atoms with van der Waals surface area (Å²) in [5.41, 5.74) is 1.18. The van der Waals surface area contributed by atoms with E-state index < -0.39 is 0 Å². The molecule has 0 spiro atoms. The van der Waals surface area contributed by atoms with Crippen LogP contribution >= 0.6 is 0 Å². The maximum absolute atomic E-state index is 11.9. The zero-order valence-corrected chi connectivity index (χ0v) is 11.6. The van der Waals surface area contributed by atoms with Crippen molar-refractivity contribution in [1.82, 2.24) is 5.32 Å². The van der Waals surface area contributed by atoms with Crippen molar-refractivity contribution in [3.8, 4) is 0 Å². The lowest BCUT2D eigenvalue weighted by molar-refractivity contribution is -0.115. The summed E-state index contributed by atoms with van der Waals surface area (Å²) in [7, 11) is 0. The Hall–Kier alpha value is -1.38. The fourth-order valence-corrected chi connectivity index (χ4v) is 1.91. The van der Waals surface area contributed by atoms with Crippen LogP contribution in [0.2, 0.25) is 0 Å². The summed E-state index contributed by atoms with van der Waals surface area (Å²) in [4.78, 5) is 23.7. The van der Waals surface area contributed by atoms with E-state index in [1.807, 2.05) is 0 Å². The highest BCUT2D eigenvalue weighted by Gasteiger charge is 2.21. The van der Waals surface area contributed by atoms with Gasteiger partial charge in [-0.15, -0.1) is 0 Å². The molecular weight excluding hydrogens is 226 g/mol. The van der Waals surface area contributed by atoms with Gasteiger partial charge in [-0.3, -0.25) is 9.59 Å². The highest BCUT2D eigenvalue weighted by molar-refractivity contribution is 6.19. The highest BCUT2D eigenvalue weighted by atomic mass is 16.1. The number of hydrogen-bond donors (Lipinski definition) is 1. The van der Waals surface area contributed by atoms with E-state index in [4.69, 9.17) is 0 Å². The van der Waals surface area contributed by atoms with Crippen LogP contribution in [0.4, 0.5) is 0 Å². The summed E-state index contributed by atoms with van der Waals surface area (Å²) in [5, 5.41) is 3.14. The van der Waals surface area contributed by atoms with E-state index in [1.54, 1.807) is 0 Å². The Kier molecular flexibility index (Phi) is 5.83. The smallest absolute Gasteiger partial charge is 0.202 e. The molecule has 0 unspecified atom stereocenters. The summed E-state index contributed by atoms with van der Waals surface area (Å²) in [6.07, 6.45) is 6.62. The fraction of sp³-hybridized carbons (Fsp3) is 0.600. The predicted octanol–water partition coefficient (Wildman–Crippen LogP) is 2.77. The third-order valence-electron chi connectivity index (χ3n) is 2.95. The van der Waals surface area contributed by atoms with Crippen LogP contribution < -0.4 is 5.32 Å². The molecule has 0 aliphatic heterocycles. The van der Waals surface area contributed by atoms with E-state index >= 15 is 0 Å². The topological polar surface area (TPSA) is 46.2 Å². The van der Waals surface area contributed by atoms with E-state index in [2.05, 4.69) is 26.1 Å². The lowest BCUT2D eigenvalue weighted by atomic mass is 9.95. The van der Waals surface area contributed by atoms with Crippen LogP contribution in [0, 0.1) is 5.92 Å². The first-order valence-corrected chi connectivity index (χ1v) is 6.80. The van der Waals surface area contributed by atoms with Crippen molar-refractivity contribution in [1.29, 1.82) is 0 Å². The van der Waals surface area contributed by atoms with Crippen LogP contribution in [0.15, 0.2) is 23.4 Å². The molecule has 0 saturated carbocycles. The Balaban J connectivity index is 2.79. The number of carbonyl (C=O) groups excluding carboxylic acids is 2. The van der Waals surface area contributed by atoms with Crippen LogP contribution in [0.25, 0.3) is 0 Å². The largest absolute Gasteiger partial charge is 0.381 e. The van der Waals surface area contributed by atoms with Gasteiger partial charge in [0.25, 0.3) is 0 Å². The first-order chi connectivity index (χ1) is 8.56. The molecule has 3 heteroatoms. The molecule has 0 heterocycles. The second-order valence-electron chi connectivity index (χ2n) is 5.15. The Morgan fingerprint density at radius 3 is 2.39 bits per heavy atom. The Morgan fingerprint density at radius 2 is 1.78 bits per heavy atom. The Labute approximate surface area is 109 Å². The number of rotatable bonds is 7. The SMILES string of the molecule is CCCCCC1=C(NCC(C)C)C(=O)C=CC1=O. The van der Waals surface area contributed by atoms with Crippen LogP contribution in [0.3, 0.4) is 0 Å². The molecule has 0 aromatic rings. The van der Waals surface area contributed by atoms with Gasteiger partial charge in [0.15, 0.2) is 5.78 Å². The van der Waals surface area contributed by atoms with Crippen molar-refractivity contribution in [3.05, 3.63) is 23.4 Å². The molecule has 0 fully saturated rings. The molecule has 0 aromatic carbocycles. The molecular formula is C15H23NO2. The van der Waals surface area contributed by atoms with Crippen LogP contribution in [-0.4, -0.2) is 18.1 Å². The molecule has 1 N–H and O–H groups in total. The van der Waals surface area contributed by atoms with Gasteiger partial charge in [-0.25, -0.2) is 0 Å². The average molecular weight is 249 g/mol. The molecule has 18 heavy (non-hydrogen) atoms. The lowest BCUT2D eigenvalue weighted by Crippen LogP contribution is -2.29. The van der Waals surface area contributed by atoms with Crippen LogP contribution in [0.1, 0.15) is 46.5 Å². The first kappa shape index (κ1) is 14.7. The van der Waals surface area contributed by atoms with Crippen molar-refractivity contribution >= 4 is 11.6 Å². The maximum atomic E-state index is 11.9. The number of unbranched alkanes of at least 4 members (excludes halogenated alkanes) is 2. The van der Waals surface area contributed by atoms with Gasteiger partial charge in [-0.2, -0.15) is 0 Å². The molecule has 0 radical (unpaired) electrons. The van der Waals surface area contributed by atoms with E-state index in [1.165, 1.54) is 12.2 Å². The van der Waals surface area contributed by atoms with Gasteiger partial charge in [0.1, 0.15) is 0 Å². The standard InChI is InChI=1S/C15H23NO2/c1-4-5-6-7-12-13(17)8-9-14(18)15(12)16-10-11(2)3/h8-9,11,16H,4-7,10H2,1-3H3. The Morgan fingerprint density at radius 1 is 1.11 bits per heavy atom. The minimum atomic E-state index is -0.0678. The molecule has 0 atom stereocenters. The van der Waals surface area contributed by atoms with Crippen LogP contribution in [0.5, 0.6) is 0 Å². The summed E-state index contributed by atoms with van der Waals surface area (Å²) in [6, 6.07) is 0. The number of ketones is 2. The zero-order chi connectivity index (χ0) is 13.5. The number of allylic oxidation sites excluding steroid dienone is 3. The van der Waals surface area contributed by atoms with Gasteiger partial charge in [0.2, 0.25) is 5.78 Å². The summed E-state index contributed by atoms with van der Waals surface area (Å²) in [6.45, 7) is 7.00. The van der Waals surface area contributed by atoms with Gasteiger partial charge < -0.3 is 5.32 Å². The van der Waals surface area contributed by atoms with E-state index in [0.29, 0.717) is 23.6 Å². The third kappa shape index (κ3) is 4.13. The second kappa shape index (κ2) is 7.14. The quantitative estimate of drug-likeness (QED) is 0.557. The average Bonchev–Trinajstić information content (AvgIpc) is 2.32. The van der Waals surface area contributed by atoms with Crippen molar-refractivity contribution in [2.75, 3.05) is 6.54 Å². The summed E-state index contributed by atoms with van der Waals surface area (Å²) >= 11 is 0. The molecule has 3 nitrogen and oxygen atoms in total. The minimum absolute atomic E-state index is 0.0167. The van der Waals surface area contributed by atoms with E-state index in [-0.39, 0.29) is 11.6 Å². The minimum Gasteiger partial charge on any atom is -0.381 e. The molecule has 0 saturated heterocycles. The summed E-state index contributed by atoms with van der Waals surface area (Å²) in [5.74, 6) is 0.363. The molecule has 0 aromatic heterocycles. The van der Waals surface area contributed by atoms with E-state index in [9.17, 15) is 9.59 Å². The molecule has 1 rings (SSSR count). The van der Waals surface area contributed by atoms with Crippen LogP contribution in [-0.2, 0) is 9.59 Å². The fourth-order valence-electron chi connectivity index (χ4n) is 1.91. The third-order valence-corrected chi connectivity index (χ3v) is 2.95. The first-order valence-electron chi connectivity index (χ1n) is 6.80. The molecule has 0 bridgehead atoms. The number of nitrogens with one attached hydrogen (secondary N) is 1. The molecule has 1 aliphatic carbocycles. The van der Waals surface area contributed by atoms with Gasteiger partial charge in [-0.05, 0) is 30.9 Å². The van der Waals surface area contributed by atoms with Crippen molar-refractivity contribution in [2.45, 2.75) is 46.5 Å². The summed E-state index contributed by atoms with van der Waals surface area (Å²) < 4.78 is 0. The second-order valence-corrected chi connectivity index (χ2v) is 5.15. The molecule has 0 amide bonds. The Bertz CT molecular complexity index is 378.